The summed E-state index contributed by atoms with van der Waals surface area (Å²) in [4.78, 5) is 27.4. The molecule has 0 aliphatic carbocycles. The number of halogens is 2. The molecule has 0 saturated heterocycles. The molecule has 0 fully saturated rings. The van der Waals surface area contributed by atoms with Crippen molar-refractivity contribution in [3.8, 4) is 0 Å². The van der Waals surface area contributed by atoms with Crippen LogP contribution in [0.4, 0.5) is 0 Å². The summed E-state index contributed by atoms with van der Waals surface area (Å²) in [7, 11) is 0. The lowest BCUT2D eigenvalue weighted by molar-refractivity contribution is -0.138. The summed E-state index contributed by atoms with van der Waals surface area (Å²) >= 11 is 11.0. The number of carbonyl (C=O) groups is 2. The summed E-state index contributed by atoms with van der Waals surface area (Å²) < 4.78 is 0.976. The maximum absolute atomic E-state index is 13.1. The van der Waals surface area contributed by atoms with E-state index in [1.807, 2.05) is 62.4 Å². The van der Waals surface area contributed by atoms with Gasteiger partial charge >= 0.3 is 0 Å². The van der Waals surface area contributed by atoms with Crippen molar-refractivity contribution in [3.63, 3.8) is 0 Å². The van der Waals surface area contributed by atoms with Gasteiger partial charge in [0.15, 0.2) is 0 Å². The van der Waals surface area contributed by atoms with Crippen LogP contribution in [0.15, 0.2) is 53.0 Å². The highest BCUT2D eigenvalue weighted by Crippen LogP contribution is 2.19. The van der Waals surface area contributed by atoms with Crippen LogP contribution in [0.3, 0.4) is 0 Å². The Morgan fingerprint density at radius 2 is 1.83 bits per heavy atom. The number of hydrogen-bond donors (Lipinski definition) is 1. The molecule has 0 bridgehead atoms. The van der Waals surface area contributed by atoms with Crippen molar-refractivity contribution in [2.45, 2.75) is 51.6 Å². The molecule has 162 valence electrons. The Kier molecular flexibility index (Phi) is 10.2. The molecule has 0 aliphatic heterocycles. The van der Waals surface area contributed by atoms with Crippen molar-refractivity contribution in [2.24, 2.45) is 0 Å². The second kappa shape index (κ2) is 12.4. The molecule has 0 heterocycles. The maximum atomic E-state index is 13.1. The van der Waals surface area contributed by atoms with E-state index in [4.69, 9.17) is 11.6 Å². The average molecular weight is 512 g/mol. The predicted molar refractivity (Wildman–Crippen MR) is 130 cm³/mol. The Morgan fingerprint density at radius 3 is 2.47 bits per heavy atom. The molecule has 7 heteroatoms. The van der Waals surface area contributed by atoms with Crippen molar-refractivity contribution >= 4 is 51.1 Å². The molecule has 0 radical (unpaired) electrons. The van der Waals surface area contributed by atoms with Gasteiger partial charge in [-0.15, -0.1) is 11.8 Å². The summed E-state index contributed by atoms with van der Waals surface area (Å²) in [6.07, 6.45) is 0.842. The van der Waals surface area contributed by atoms with Gasteiger partial charge in [0.1, 0.15) is 6.04 Å². The van der Waals surface area contributed by atoms with Gasteiger partial charge in [-0.25, -0.2) is 0 Å². The van der Waals surface area contributed by atoms with Gasteiger partial charge < -0.3 is 10.2 Å². The van der Waals surface area contributed by atoms with Crippen molar-refractivity contribution in [1.82, 2.24) is 10.2 Å². The van der Waals surface area contributed by atoms with Crippen LogP contribution >= 0.6 is 39.3 Å². The first kappa shape index (κ1) is 24.8. The second-order valence-corrected chi connectivity index (χ2v) is 9.60. The fourth-order valence-electron chi connectivity index (χ4n) is 2.80. The van der Waals surface area contributed by atoms with Crippen molar-refractivity contribution < 1.29 is 9.59 Å². The highest BCUT2D eigenvalue weighted by molar-refractivity contribution is 9.10. The first-order valence-corrected chi connectivity index (χ1v) is 12.3. The highest BCUT2D eigenvalue weighted by atomic mass is 79.9. The zero-order valence-electron chi connectivity index (χ0n) is 17.5. The van der Waals surface area contributed by atoms with Crippen LogP contribution in [0.25, 0.3) is 0 Å². The van der Waals surface area contributed by atoms with E-state index in [1.54, 1.807) is 11.8 Å². The quantitative estimate of drug-likeness (QED) is 0.447. The van der Waals surface area contributed by atoms with E-state index in [0.29, 0.717) is 23.1 Å². The Hall–Kier alpha value is -1.50. The topological polar surface area (TPSA) is 49.4 Å². The lowest BCUT2D eigenvalue weighted by atomic mass is 10.1. The number of carbonyl (C=O) groups excluding carboxylic acids is 2. The molecule has 0 saturated carbocycles. The minimum Gasteiger partial charge on any atom is -0.352 e. The van der Waals surface area contributed by atoms with Crippen LogP contribution in [-0.4, -0.2) is 34.6 Å². The molecular weight excluding hydrogens is 484 g/mol. The lowest BCUT2D eigenvalue weighted by Gasteiger charge is -2.29. The van der Waals surface area contributed by atoms with Gasteiger partial charge in [-0.3, -0.25) is 9.59 Å². The number of rotatable bonds is 10. The predicted octanol–water partition coefficient (Wildman–Crippen LogP) is 5.67. The first-order chi connectivity index (χ1) is 14.3. The highest BCUT2D eigenvalue weighted by Gasteiger charge is 2.26. The Bertz CT molecular complexity index is 847. The van der Waals surface area contributed by atoms with Crippen LogP contribution in [-0.2, 0) is 21.9 Å². The number of thioether (sulfide) groups is 1. The van der Waals surface area contributed by atoms with Crippen LogP contribution in [0.1, 0.15) is 38.3 Å². The first-order valence-electron chi connectivity index (χ1n) is 9.96. The molecule has 2 amide bonds. The molecule has 0 aromatic heterocycles. The summed E-state index contributed by atoms with van der Waals surface area (Å²) in [5, 5.41) is 3.67. The molecule has 2 rings (SSSR count). The fourth-order valence-corrected chi connectivity index (χ4v) is 4.14. The number of amides is 2. The third-order valence-corrected chi connectivity index (χ3v) is 6.57. The molecule has 4 nitrogen and oxygen atoms in total. The van der Waals surface area contributed by atoms with Gasteiger partial charge in [0.25, 0.3) is 0 Å². The van der Waals surface area contributed by atoms with Gasteiger partial charge in [-0.05, 0) is 55.7 Å². The summed E-state index contributed by atoms with van der Waals surface area (Å²) in [5.74, 6) is 0.793. The van der Waals surface area contributed by atoms with Crippen LogP contribution in [0.2, 0.25) is 5.02 Å². The molecule has 30 heavy (non-hydrogen) atoms. The second-order valence-electron chi connectivity index (χ2n) is 7.26. The number of benzene rings is 2. The van der Waals surface area contributed by atoms with E-state index in [1.165, 1.54) is 11.8 Å². The molecule has 0 aliphatic rings. The van der Waals surface area contributed by atoms with E-state index in [9.17, 15) is 9.59 Å². The smallest absolute Gasteiger partial charge is 0.242 e. The molecule has 0 unspecified atom stereocenters. The minimum atomic E-state index is -0.554. The van der Waals surface area contributed by atoms with E-state index < -0.39 is 6.04 Å². The summed E-state index contributed by atoms with van der Waals surface area (Å²) in [5.41, 5.74) is 2.05. The van der Waals surface area contributed by atoms with Crippen LogP contribution in [0, 0.1) is 0 Å². The molecule has 2 aromatic carbocycles. The largest absolute Gasteiger partial charge is 0.352 e. The monoisotopic (exact) mass is 510 g/mol. The van der Waals surface area contributed by atoms with Crippen molar-refractivity contribution in [1.29, 1.82) is 0 Å². The van der Waals surface area contributed by atoms with E-state index in [0.717, 1.165) is 22.0 Å². The Labute approximate surface area is 196 Å². The van der Waals surface area contributed by atoms with Gasteiger partial charge in [0.05, 0.1) is 5.75 Å². The number of nitrogens with one attached hydrogen (secondary N) is 1. The molecule has 2 aromatic rings. The van der Waals surface area contributed by atoms with Gasteiger partial charge in [-0.2, -0.15) is 0 Å². The van der Waals surface area contributed by atoms with Gasteiger partial charge in [0, 0.05) is 27.8 Å². The van der Waals surface area contributed by atoms with Crippen molar-refractivity contribution in [2.75, 3.05) is 5.75 Å². The summed E-state index contributed by atoms with van der Waals surface area (Å²) in [6.45, 7) is 6.16. The lowest BCUT2D eigenvalue weighted by Crippen LogP contribution is -2.50. The fraction of sp³-hybridized carbons (Fsp3) is 0.391. The third-order valence-electron chi connectivity index (χ3n) is 4.82. The van der Waals surface area contributed by atoms with E-state index >= 15 is 0 Å². The summed E-state index contributed by atoms with van der Waals surface area (Å²) in [6, 6.07) is 15.0. The number of hydrogen-bond acceptors (Lipinski definition) is 3. The molecule has 2 atom stereocenters. The third kappa shape index (κ3) is 7.97. The molecule has 0 spiro atoms. The Morgan fingerprint density at radius 1 is 1.13 bits per heavy atom. The Balaban J connectivity index is 2.07. The van der Waals surface area contributed by atoms with Gasteiger partial charge in [-0.1, -0.05) is 58.7 Å². The molecule has 1 N–H and O–H groups in total. The minimum absolute atomic E-state index is 0.0586. The molecular formula is C23H28BrClN2O2S. The standard InChI is InChI=1S/C23H28BrClN2O2S/c1-4-16(2)26-23(29)17(3)27(13-18-8-10-20(24)11-9-18)22(28)15-30-14-19-6-5-7-21(25)12-19/h5-12,16-17H,4,13-15H2,1-3H3,(H,26,29)/t16-,17+/m0/s1. The average Bonchev–Trinajstić information content (AvgIpc) is 2.72. The zero-order valence-corrected chi connectivity index (χ0v) is 20.7. The van der Waals surface area contributed by atoms with E-state index in [2.05, 4.69) is 21.2 Å². The van der Waals surface area contributed by atoms with E-state index in [-0.39, 0.29) is 17.9 Å². The van der Waals surface area contributed by atoms with Crippen LogP contribution in [0.5, 0.6) is 0 Å². The normalized spacial score (nSPS) is 12.8. The SMILES string of the molecule is CC[C@H](C)NC(=O)[C@@H](C)N(Cc1ccc(Br)cc1)C(=O)CSCc1cccc(Cl)c1. The zero-order chi connectivity index (χ0) is 22.1. The maximum Gasteiger partial charge on any atom is 0.242 e. The van der Waals surface area contributed by atoms with Crippen molar-refractivity contribution in [3.05, 3.63) is 69.2 Å². The number of nitrogens with zero attached hydrogens (tertiary/aromatic N) is 1. The van der Waals surface area contributed by atoms with Crippen LogP contribution < -0.4 is 5.32 Å². The van der Waals surface area contributed by atoms with Gasteiger partial charge in [0.2, 0.25) is 11.8 Å².